The maximum absolute atomic E-state index is 11.7. The van der Waals surface area contributed by atoms with E-state index in [1.165, 1.54) is 0 Å². The monoisotopic (exact) mass is 259 g/mol. The third-order valence-corrected chi connectivity index (χ3v) is 2.56. The lowest BCUT2D eigenvalue weighted by atomic mass is 10.2. The van der Waals surface area contributed by atoms with Crippen molar-refractivity contribution in [2.24, 2.45) is 0 Å². The molecule has 7 nitrogen and oxygen atoms in total. The molecule has 0 saturated heterocycles. The normalized spacial score (nSPS) is 11.5. The van der Waals surface area contributed by atoms with Crippen molar-refractivity contribution in [2.45, 2.75) is 33.2 Å². The minimum atomic E-state index is -1.12. The SMILES string of the molecule is CCC(C)N(CC)C(=O)NCC(=O)NCC(=O)O. The summed E-state index contributed by atoms with van der Waals surface area (Å²) in [6.45, 7) is 5.64. The summed E-state index contributed by atoms with van der Waals surface area (Å²) in [6, 6.07) is -0.227. The lowest BCUT2D eigenvalue weighted by Crippen LogP contribution is -2.48. The largest absolute Gasteiger partial charge is 0.480 e. The Morgan fingerprint density at radius 2 is 1.78 bits per heavy atom. The zero-order valence-electron chi connectivity index (χ0n) is 11.0. The molecular formula is C11H21N3O4. The Kier molecular flexibility index (Phi) is 7.50. The molecule has 0 aromatic rings. The third kappa shape index (κ3) is 6.07. The summed E-state index contributed by atoms with van der Waals surface area (Å²) in [7, 11) is 0. The van der Waals surface area contributed by atoms with Gasteiger partial charge >= 0.3 is 12.0 Å². The minimum Gasteiger partial charge on any atom is -0.480 e. The summed E-state index contributed by atoms with van der Waals surface area (Å²) in [5, 5.41) is 13.0. The van der Waals surface area contributed by atoms with Gasteiger partial charge in [-0.05, 0) is 20.3 Å². The summed E-state index contributed by atoms with van der Waals surface area (Å²) in [6.07, 6.45) is 0.826. The number of urea groups is 1. The van der Waals surface area contributed by atoms with E-state index in [0.29, 0.717) is 6.54 Å². The van der Waals surface area contributed by atoms with Crippen molar-refractivity contribution < 1.29 is 19.5 Å². The number of nitrogens with zero attached hydrogens (tertiary/aromatic N) is 1. The van der Waals surface area contributed by atoms with Gasteiger partial charge in [0.1, 0.15) is 6.54 Å². The number of carbonyl (C=O) groups excluding carboxylic acids is 2. The van der Waals surface area contributed by atoms with E-state index in [0.717, 1.165) is 6.42 Å². The van der Waals surface area contributed by atoms with E-state index in [2.05, 4.69) is 10.6 Å². The fourth-order valence-electron chi connectivity index (χ4n) is 1.37. The topological polar surface area (TPSA) is 98.7 Å². The van der Waals surface area contributed by atoms with Crippen LogP contribution in [0.2, 0.25) is 0 Å². The molecule has 0 aromatic heterocycles. The van der Waals surface area contributed by atoms with Gasteiger partial charge in [-0.1, -0.05) is 6.92 Å². The number of aliphatic carboxylic acids is 1. The van der Waals surface area contributed by atoms with Crippen molar-refractivity contribution in [1.29, 1.82) is 0 Å². The van der Waals surface area contributed by atoms with Crippen LogP contribution in [-0.2, 0) is 9.59 Å². The highest BCUT2D eigenvalue weighted by Crippen LogP contribution is 2.02. The van der Waals surface area contributed by atoms with Crippen LogP contribution in [0.1, 0.15) is 27.2 Å². The summed E-state index contributed by atoms with van der Waals surface area (Å²) >= 11 is 0. The minimum absolute atomic E-state index is 0.0945. The fraction of sp³-hybridized carbons (Fsp3) is 0.727. The van der Waals surface area contributed by atoms with Gasteiger partial charge < -0.3 is 20.6 Å². The quantitative estimate of drug-likeness (QED) is 0.600. The van der Waals surface area contributed by atoms with Gasteiger partial charge in [0.05, 0.1) is 6.54 Å². The number of hydrogen-bond donors (Lipinski definition) is 3. The maximum atomic E-state index is 11.7. The predicted octanol–water partition coefficient (Wildman–Crippen LogP) is 0.0172. The van der Waals surface area contributed by atoms with Crippen LogP contribution in [0.25, 0.3) is 0 Å². The van der Waals surface area contributed by atoms with Crippen LogP contribution in [0.3, 0.4) is 0 Å². The van der Waals surface area contributed by atoms with Crippen molar-refractivity contribution in [3.8, 4) is 0 Å². The molecule has 0 aromatic carbocycles. The number of amides is 3. The van der Waals surface area contributed by atoms with Gasteiger partial charge in [-0.15, -0.1) is 0 Å². The Hall–Kier alpha value is -1.79. The van der Waals surface area contributed by atoms with Gasteiger partial charge in [-0.2, -0.15) is 0 Å². The van der Waals surface area contributed by atoms with Crippen LogP contribution in [0, 0.1) is 0 Å². The molecule has 3 amide bonds. The number of carboxylic acids is 1. The van der Waals surface area contributed by atoms with Crippen molar-refractivity contribution in [2.75, 3.05) is 19.6 Å². The van der Waals surface area contributed by atoms with Crippen molar-refractivity contribution in [1.82, 2.24) is 15.5 Å². The van der Waals surface area contributed by atoms with E-state index in [-0.39, 0.29) is 18.6 Å². The molecule has 3 N–H and O–H groups in total. The van der Waals surface area contributed by atoms with Crippen LogP contribution in [0.4, 0.5) is 4.79 Å². The zero-order chi connectivity index (χ0) is 14.1. The first-order valence-electron chi connectivity index (χ1n) is 5.95. The maximum Gasteiger partial charge on any atom is 0.322 e. The molecule has 0 rings (SSSR count). The molecule has 0 aliphatic rings. The third-order valence-electron chi connectivity index (χ3n) is 2.56. The molecule has 7 heteroatoms. The number of rotatable bonds is 7. The van der Waals surface area contributed by atoms with Gasteiger partial charge in [0.25, 0.3) is 0 Å². The number of carbonyl (C=O) groups is 3. The van der Waals surface area contributed by atoms with Crippen LogP contribution in [-0.4, -0.2) is 53.6 Å². The van der Waals surface area contributed by atoms with Crippen LogP contribution >= 0.6 is 0 Å². The van der Waals surface area contributed by atoms with E-state index in [4.69, 9.17) is 5.11 Å². The molecule has 0 aliphatic carbocycles. The van der Waals surface area contributed by atoms with E-state index in [1.54, 1.807) is 4.90 Å². The summed E-state index contributed by atoms with van der Waals surface area (Å²) in [5.41, 5.74) is 0. The van der Waals surface area contributed by atoms with E-state index in [1.807, 2.05) is 20.8 Å². The molecule has 0 saturated carbocycles. The number of carboxylic acid groups (broad SMARTS) is 1. The molecule has 1 unspecified atom stereocenters. The molecule has 0 radical (unpaired) electrons. The first-order chi connectivity index (χ1) is 8.42. The van der Waals surface area contributed by atoms with Gasteiger partial charge in [0.15, 0.2) is 0 Å². The zero-order valence-corrected chi connectivity index (χ0v) is 11.0. The smallest absolute Gasteiger partial charge is 0.322 e. The molecule has 1 atom stereocenters. The summed E-state index contributed by atoms with van der Waals surface area (Å²) in [5.74, 6) is -1.64. The average Bonchev–Trinajstić information content (AvgIpc) is 2.34. The lowest BCUT2D eigenvalue weighted by molar-refractivity contribution is -0.137. The summed E-state index contributed by atoms with van der Waals surface area (Å²) in [4.78, 5) is 34.8. The highest BCUT2D eigenvalue weighted by atomic mass is 16.4. The first kappa shape index (κ1) is 16.2. The molecule has 104 valence electrons. The average molecular weight is 259 g/mol. The van der Waals surface area contributed by atoms with Crippen molar-refractivity contribution in [3.05, 3.63) is 0 Å². The molecule has 0 bridgehead atoms. The Morgan fingerprint density at radius 1 is 1.17 bits per heavy atom. The van der Waals surface area contributed by atoms with Crippen molar-refractivity contribution in [3.63, 3.8) is 0 Å². The molecule has 18 heavy (non-hydrogen) atoms. The molecule has 0 fully saturated rings. The van der Waals surface area contributed by atoms with Crippen LogP contribution in [0.5, 0.6) is 0 Å². The van der Waals surface area contributed by atoms with Crippen LogP contribution < -0.4 is 10.6 Å². The fourth-order valence-corrected chi connectivity index (χ4v) is 1.37. The Labute approximate surface area is 107 Å². The van der Waals surface area contributed by atoms with Gasteiger partial charge in [-0.3, -0.25) is 9.59 Å². The second kappa shape index (κ2) is 8.32. The van der Waals surface area contributed by atoms with E-state index >= 15 is 0 Å². The lowest BCUT2D eigenvalue weighted by Gasteiger charge is -2.27. The van der Waals surface area contributed by atoms with Gasteiger partial charge in [0, 0.05) is 12.6 Å². The summed E-state index contributed by atoms with van der Waals surface area (Å²) < 4.78 is 0. The second-order valence-corrected chi connectivity index (χ2v) is 3.87. The van der Waals surface area contributed by atoms with E-state index < -0.39 is 18.4 Å². The molecule has 0 heterocycles. The standard InChI is InChI=1S/C11H21N3O4/c1-4-8(3)14(5-2)11(18)13-6-9(15)12-7-10(16)17/h8H,4-7H2,1-3H3,(H,12,15)(H,13,18)(H,16,17). The van der Waals surface area contributed by atoms with Gasteiger partial charge in [-0.25, -0.2) is 4.79 Å². The first-order valence-corrected chi connectivity index (χ1v) is 5.95. The Morgan fingerprint density at radius 3 is 2.22 bits per heavy atom. The Bertz CT molecular complexity index is 307. The van der Waals surface area contributed by atoms with Gasteiger partial charge in [0.2, 0.25) is 5.91 Å². The molecular weight excluding hydrogens is 238 g/mol. The number of hydrogen-bond acceptors (Lipinski definition) is 3. The van der Waals surface area contributed by atoms with Crippen LogP contribution in [0.15, 0.2) is 0 Å². The second-order valence-electron chi connectivity index (χ2n) is 3.87. The van der Waals surface area contributed by atoms with Crippen molar-refractivity contribution >= 4 is 17.9 Å². The highest BCUT2D eigenvalue weighted by molar-refractivity contribution is 5.86. The Balaban J connectivity index is 4.07. The number of nitrogens with one attached hydrogen (secondary N) is 2. The van der Waals surface area contributed by atoms with E-state index in [9.17, 15) is 14.4 Å². The molecule has 0 spiro atoms. The highest BCUT2D eigenvalue weighted by Gasteiger charge is 2.17. The molecule has 0 aliphatic heterocycles. The predicted molar refractivity (Wildman–Crippen MR) is 66.2 cm³/mol.